The normalized spacial score (nSPS) is 11.0. The van der Waals surface area contributed by atoms with E-state index in [1.165, 1.54) is 89.9 Å². The number of carbonyl (C=O) groups is 1. The lowest BCUT2D eigenvalue weighted by Crippen LogP contribution is -1.94. The van der Waals surface area contributed by atoms with Crippen molar-refractivity contribution in [2.45, 2.75) is 117 Å². The number of carbonyl (C=O) groups excluding carboxylic acids is 1. The molecule has 1 heteroatoms. The fraction of sp³-hybridized carbons (Fsp3) is 0.900. The van der Waals surface area contributed by atoms with Crippen LogP contribution in [0.2, 0.25) is 0 Å². The molecule has 0 aromatic carbocycles. The fourth-order valence-corrected chi connectivity index (χ4v) is 2.81. The highest BCUT2D eigenvalue weighted by Gasteiger charge is 1.98. The van der Waals surface area contributed by atoms with Crippen molar-refractivity contribution in [1.82, 2.24) is 0 Å². The molecule has 0 unspecified atom stereocenters. The molecule has 0 saturated carbocycles. The third kappa shape index (κ3) is 17.6. The van der Waals surface area contributed by atoms with E-state index in [0.717, 1.165) is 12.8 Å². The minimum Gasteiger partial charge on any atom is -0.299 e. The zero-order chi connectivity index (χ0) is 15.6. The third-order valence-corrected chi connectivity index (χ3v) is 4.35. The summed E-state index contributed by atoms with van der Waals surface area (Å²) in [6.07, 6.45) is 23.1. The lowest BCUT2D eigenvalue weighted by molar-refractivity contribution is -0.115. The van der Waals surface area contributed by atoms with Crippen LogP contribution in [0.25, 0.3) is 0 Å². The number of rotatable bonds is 17. The number of ketones is 1. The molecule has 0 aliphatic rings. The molecule has 0 saturated heterocycles. The molecule has 0 heterocycles. The second-order valence-corrected chi connectivity index (χ2v) is 6.45. The number of unbranched alkanes of at least 4 members (excludes halogenated alkanes) is 14. The molecule has 0 aliphatic heterocycles. The molecule has 0 fully saturated rings. The summed E-state index contributed by atoms with van der Waals surface area (Å²) in [5.74, 6) is 0.310. The Labute approximate surface area is 134 Å². The third-order valence-electron chi connectivity index (χ3n) is 4.35. The van der Waals surface area contributed by atoms with Gasteiger partial charge in [0.1, 0.15) is 5.78 Å². The molecular weight excluding hydrogens is 256 g/mol. The Morgan fingerprint density at radius 3 is 1.29 bits per heavy atom. The Hall–Kier alpha value is -0.330. The van der Waals surface area contributed by atoms with E-state index in [0.29, 0.717) is 5.78 Å². The second-order valence-electron chi connectivity index (χ2n) is 6.45. The van der Waals surface area contributed by atoms with Gasteiger partial charge in [-0.2, -0.15) is 0 Å². The summed E-state index contributed by atoms with van der Waals surface area (Å²) >= 11 is 0. The molecule has 0 aromatic rings. The topological polar surface area (TPSA) is 17.1 Å². The Morgan fingerprint density at radius 1 is 0.619 bits per heavy atom. The van der Waals surface area contributed by atoms with Crippen molar-refractivity contribution in [3.8, 4) is 0 Å². The lowest BCUT2D eigenvalue weighted by Gasteiger charge is -2.03. The molecule has 0 spiro atoms. The van der Waals surface area contributed by atoms with E-state index in [1.807, 2.05) is 6.92 Å². The smallest absolute Gasteiger partial charge is 0.136 e. The maximum Gasteiger partial charge on any atom is 0.136 e. The van der Waals surface area contributed by atoms with Gasteiger partial charge in [0.05, 0.1) is 0 Å². The van der Waals surface area contributed by atoms with Crippen LogP contribution in [0.5, 0.6) is 0 Å². The maximum absolute atomic E-state index is 11.1. The van der Waals surface area contributed by atoms with Crippen molar-refractivity contribution < 1.29 is 4.79 Å². The van der Waals surface area contributed by atoms with Crippen molar-refractivity contribution in [3.63, 3.8) is 0 Å². The predicted octanol–water partition coefficient (Wildman–Crippen LogP) is 7.04. The van der Waals surface area contributed by atoms with Gasteiger partial charge in [-0.1, -0.05) is 104 Å². The summed E-state index contributed by atoms with van der Waals surface area (Å²) in [6.45, 7) is 4.12. The van der Waals surface area contributed by atoms with E-state index in [-0.39, 0.29) is 0 Å². The van der Waals surface area contributed by atoms with Crippen LogP contribution in [0.15, 0.2) is 0 Å². The Balaban J connectivity index is 2.98. The zero-order valence-electron chi connectivity index (χ0n) is 14.8. The van der Waals surface area contributed by atoms with Gasteiger partial charge < -0.3 is 0 Å². The van der Waals surface area contributed by atoms with Gasteiger partial charge in [0.2, 0.25) is 0 Å². The molecule has 1 nitrogen and oxygen atoms in total. The van der Waals surface area contributed by atoms with Crippen LogP contribution in [0, 0.1) is 6.42 Å². The minimum absolute atomic E-state index is 0.310. The van der Waals surface area contributed by atoms with Gasteiger partial charge in [-0.15, -0.1) is 0 Å². The van der Waals surface area contributed by atoms with Gasteiger partial charge in [0, 0.05) is 12.8 Å². The van der Waals surface area contributed by atoms with Gasteiger partial charge in [0.15, 0.2) is 0 Å². The van der Waals surface area contributed by atoms with Gasteiger partial charge >= 0.3 is 0 Å². The molecule has 0 atom stereocenters. The lowest BCUT2D eigenvalue weighted by atomic mass is 10.0. The summed E-state index contributed by atoms with van der Waals surface area (Å²) in [5, 5.41) is 0. The largest absolute Gasteiger partial charge is 0.299 e. The highest BCUT2D eigenvalue weighted by molar-refractivity contribution is 5.86. The molecule has 0 rings (SSSR count). The first-order chi connectivity index (χ1) is 10.3. The van der Waals surface area contributed by atoms with Crippen LogP contribution >= 0.6 is 0 Å². The second kappa shape index (κ2) is 17.7. The Bertz CT molecular complexity index is 210. The molecule has 0 N–H and O–H groups in total. The van der Waals surface area contributed by atoms with E-state index in [9.17, 15) is 4.79 Å². The number of Topliss-reactive ketones (excluding diaryl/α,β-unsaturated/α-hetero) is 1. The van der Waals surface area contributed by atoms with E-state index >= 15 is 0 Å². The molecule has 0 amide bonds. The Kier molecular flexibility index (Phi) is 17.4. The average Bonchev–Trinajstić information content (AvgIpc) is 2.50. The Morgan fingerprint density at radius 2 is 0.952 bits per heavy atom. The summed E-state index contributed by atoms with van der Waals surface area (Å²) in [6, 6.07) is 0. The SMILES string of the molecule is C[CH]C(=O)CCCCCCCCCCCCCCCCC. The van der Waals surface area contributed by atoms with Gasteiger partial charge in [0.25, 0.3) is 0 Å². The van der Waals surface area contributed by atoms with Gasteiger partial charge in [-0.05, 0) is 6.42 Å². The van der Waals surface area contributed by atoms with E-state index in [1.54, 1.807) is 6.42 Å². The summed E-state index contributed by atoms with van der Waals surface area (Å²) in [4.78, 5) is 11.1. The average molecular weight is 296 g/mol. The van der Waals surface area contributed by atoms with Crippen LogP contribution in [-0.2, 0) is 4.79 Å². The van der Waals surface area contributed by atoms with Gasteiger partial charge in [-0.25, -0.2) is 0 Å². The maximum atomic E-state index is 11.1. The number of hydrogen-bond donors (Lipinski definition) is 0. The summed E-state index contributed by atoms with van der Waals surface area (Å²) in [5.41, 5.74) is 0. The molecular formula is C20H39O. The first-order valence-corrected chi connectivity index (χ1v) is 9.63. The van der Waals surface area contributed by atoms with E-state index in [2.05, 4.69) is 6.92 Å². The van der Waals surface area contributed by atoms with Crippen molar-refractivity contribution in [1.29, 1.82) is 0 Å². The van der Waals surface area contributed by atoms with Crippen LogP contribution in [0.4, 0.5) is 0 Å². The molecule has 0 aromatic heterocycles. The van der Waals surface area contributed by atoms with Crippen LogP contribution in [0.3, 0.4) is 0 Å². The molecule has 0 aliphatic carbocycles. The van der Waals surface area contributed by atoms with Crippen LogP contribution in [0.1, 0.15) is 117 Å². The zero-order valence-corrected chi connectivity index (χ0v) is 14.8. The van der Waals surface area contributed by atoms with Crippen molar-refractivity contribution in [2.24, 2.45) is 0 Å². The summed E-state index contributed by atoms with van der Waals surface area (Å²) < 4.78 is 0. The molecule has 21 heavy (non-hydrogen) atoms. The first kappa shape index (κ1) is 20.7. The predicted molar refractivity (Wildman–Crippen MR) is 94.5 cm³/mol. The standard InChI is InChI=1S/C20H39O/c1-3-5-6-7-8-9-10-11-12-13-14-15-16-17-18-19-20(21)4-2/h4H,3,5-19H2,1-2H3. The summed E-state index contributed by atoms with van der Waals surface area (Å²) in [7, 11) is 0. The van der Waals surface area contributed by atoms with Crippen molar-refractivity contribution in [2.75, 3.05) is 0 Å². The molecule has 0 bridgehead atoms. The quantitative estimate of drug-likeness (QED) is 0.263. The van der Waals surface area contributed by atoms with Gasteiger partial charge in [-0.3, -0.25) is 4.79 Å². The molecule has 125 valence electrons. The van der Waals surface area contributed by atoms with Crippen molar-refractivity contribution in [3.05, 3.63) is 6.42 Å². The highest BCUT2D eigenvalue weighted by Crippen LogP contribution is 2.13. The number of hydrogen-bond acceptors (Lipinski definition) is 1. The first-order valence-electron chi connectivity index (χ1n) is 9.63. The van der Waals surface area contributed by atoms with Crippen molar-refractivity contribution >= 4 is 5.78 Å². The van der Waals surface area contributed by atoms with E-state index < -0.39 is 0 Å². The molecule has 1 radical (unpaired) electrons. The van der Waals surface area contributed by atoms with Crippen LogP contribution < -0.4 is 0 Å². The van der Waals surface area contributed by atoms with E-state index in [4.69, 9.17) is 0 Å². The van der Waals surface area contributed by atoms with Crippen LogP contribution in [-0.4, -0.2) is 5.78 Å². The fourth-order valence-electron chi connectivity index (χ4n) is 2.81. The highest BCUT2D eigenvalue weighted by atomic mass is 16.1. The monoisotopic (exact) mass is 295 g/mol. The minimum atomic E-state index is 0.310.